The molecule has 1 N–H and O–H groups in total. The molecule has 0 bridgehead atoms. The third-order valence-electron chi connectivity index (χ3n) is 2.70. The van der Waals surface area contributed by atoms with E-state index in [1.54, 1.807) is 12.3 Å². The Morgan fingerprint density at radius 2 is 2.05 bits per heavy atom. The molecule has 0 saturated heterocycles. The van der Waals surface area contributed by atoms with Crippen LogP contribution in [0, 0.1) is 0 Å². The minimum Gasteiger partial charge on any atom is -0.481 e. The fraction of sp³-hybridized carbons (Fsp3) is 0.267. The van der Waals surface area contributed by atoms with Gasteiger partial charge in [-0.15, -0.1) is 0 Å². The maximum absolute atomic E-state index is 12.0. The van der Waals surface area contributed by atoms with Gasteiger partial charge in [-0.1, -0.05) is 25.1 Å². The predicted octanol–water partition coefficient (Wildman–Crippen LogP) is 2.75. The molecule has 1 atom stereocenters. The summed E-state index contributed by atoms with van der Waals surface area (Å²) < 4.78 is 10.8. The van der Waals surface area contributed by atoms with Crippen molar-refractivity contribution in [3.8, 4) is 5.75 Å². The summed E-state index contributed by atoms with van der Waals surface area (Å²) in [6, 6.07) is 12.9. The molecule has 0 saturated carbocycles. The summed E-state index contributed by atoms with van der Waals surface area (Å²) in [5.41, 5.74) is 0. The van der Waals surface area contributed by atoms with Crippen LogP contribution in [-0.2, 0) is 11.3 Å². The summed E-state index contributed by atoms with van der Waals surface area (Å²) in [6.07, 6.45) is 1.70. The molecular weight excluding hydrogens is 242 g/mol. The summed E-state index contributed by atoms with van der Waals surface area (Å²) >= 11 is 0. The van der Waals surface area contributed by atoms with E-state index in [1.807, 2.05) is 43.3 Å². The van der Waals surface area contributed by atoms with Gasteiger partial charge in [0.25, 0.3) is 5.91 Å². The van der Waals surface area contributed by atoms with E-state index in [9.17, 15) is 4.79 Å². The molecule has 0 aliphatic rings. The highest BCUT2D eigenvalue weighted by atomic mass is 16.5. The van der Waals surface area contributed by atoms with Crippen molar-refractivity contribution in [1.82, 2.24) is 5.32 Å². The topological polar surface area (TPSA) is 51.5 Å². The number of carbonyl (C=O) groups is 1. The summed E-state index contributed by atoms with van der Waals surface area (Å²) in [7, 11) is 0. The molecule has 4 nitrogen and oxygen atoms in total. The maximum atomic E-state index is 12.0. The smallest absolute Gasteiger partial charge is 0.261 e. The number of carbonyl (C=O) groups excluding carboxylic acids is 1. The standard InChI is InChI=1S/C15H17NO3/c1-2-14(19-12-7-4-3-5-8-12)15(17)16-11-13-9-6-10-18-13/h3-10,14H,2,11H2,1H3,(H,16,17)/t14-/m0/s1. The summed E-state index contributed by atoms with van der Waals surface area (Å²) in [5.74, 6) is 1.29. The van der Waals surface area contributed by atoms with Crippen LogP contribution in [0.4, 0.5) is 0 Å². The summed E-state index contributed by atoms with van der Waals surface area (Å²) in [6.45, 7) is 2.29. The van der Waals surface area contributed by atoms with E-state index in [2.05, 4.69) is 5.32 Å². The summed E-state index contributed by atoms with van der Waals surface area (Å²) in [5, 5.41) is 2.80. The largest absolute Gasteiger partial charge is 0.481 e. The Morgan fingerprint density at radius 1 is 1.26 bits per heavy atom. The highest BCUT2D eigenvalue weighted by Gasteiger charge is 2.18. The van der Waals surface area contributed by atoms with Crippen LogP contribution in [0.15, 0.2) is 53.1 Å². The van der Waals surface area contributed by atoms with Crippen molar-refractivity contribution in [2.24, 2.45) is 0 Å². The zero-order chi connectivity index (χ0) is 13.5. The first kappa shape index (κ1) is 13.2. The number of hydrogen-bond donors (Lipinski definition) is 1. The van der Waals surface area contributed by atoms with Gasteiger partial charge in [0.2, 0.25) is 0 Å². The quantitative estimate of drug-likeness (QED) is 0.867. The highest BCUT2D eigenvalue weighted by Crippen LogP contribution is 2.12. The van der Waals surface area contributed by atoms with Crippen molar-refractivity contribution >= 4 is 5.91 Å². The molecule has 0 radical (unpaired) electrons. The van der Waals surface area contributed by atoms with Crippen LogP contribution >= 0.6 is 0 Å². The molecular formula is C15H17NO3. The Hall–Kier alpha value is -2.23. The van der Waals surface area contributed by atoms with Crippen LogP contribution in [-0.4, -0.2) is 12.0 Å². The molecule has 0 aliphatic heterocycles. The second kappa shape index (κ2) is 6.64. The van der Waals surface area contributed by atoms with E-state index in [0.717, 1.165) is 5.76 Å². The van der Waals surface area contributed by atoms with Crippen LogP contribution in [0.5, 0.6) is 5.75 Å². The summed E-state index contributed by atoms with van der Waals surface area (Å²) in [4.78, 5) is 12.0. The minimum absolute atomic E-state index is 0.136. The van der Waals surface area contributed by atoms with Crippen LogP contribution in [0.1, 0.15) is 19.1 Å². The predicted molar refractivity (Wildman–Crippen MR) is 71.7 cm³/mol. The fourth-order valence-corrected chi connectivity index (χ4v) is 1.69. The molecule has 4 heteroatoms. The Bertz CT molecular complexity index is 493. The molecule has 2 rings (SSSR count). The van der Waals surface area contributed by atoms with E-state index < -0.39 is 6.10 Å². The van der Waals surface area contributed by atoms with Crippen LogP contribution in [0.2, 0.25) is 0 Å². The molecule has 2 aromatic rings. The number of benzene rings is 1. The minimum atomic E-state index is -0.489. The van der Waals surface area contributed by atoms with E-state index >= 15 is 0 Å². The van der Waals surface area contributed by atoms with Crippen molar-refractivity contribution in [3.63, 3.8) is 0 Å². The molecule has 1 heterocycles. The maximum Gasteiger partial charge on any atom is 0.261 e. The third-order valence-corrected chi connectivity index (χ3v) is 2.70. The second-order valence-electron chi connectivity index (χ2n) is 4.12. The monoisotopic (exact) mass is 259 g/mol. The number of furan rings is 1. The molecule has 19 heavy (non-hydrogen) atoms. The molecule has 0 fully saturated rings. The van der Waals surface area contributed by atoms with Crippen molar-refractivity contribution < 1.29 is 13.9 Å². The van der Waals surface area contributed by atoms with Gasteiger partial charge < -0.3 is 14.5 Å². The number of hydrogen-bond acceptors (Lipinski definition) is 3. The van der Waals surface area contributed by atoms with Gasteiger partial charge in [0, 0.05) is 0 Å². The molecule has 1 aromatic heterocycles. The average molecular weight is 259 g/mol. The Kier molecular flexibility index (Phi) is 4.61. The lowest BCUT2D eigenvalue weighted by molar-refractivity contribution is -0.128. The lowest BCUT2D eigenvalue weighted by atomic mass is 10.2. The van der Waals surface area contributed by atoms with E-state index in [1.165, 1.54) is 0 Å². The van der Waals surface area contributed by atoms with Gasteiger partial charge in [0.1, 0.15) is 11.5 Å². The molecule has 0 aliphatic carbocycles. The lowest BCUT2D eigenvalue weighted by Gasteiger charge is -2.16. The molecule has 0 spiro atoms. The first-order valence-corrected chi connectivity index (χ1v) is 6.31. The van der Waals surface area contributed by atoms with Crippen molar-refractivity contribution in [1.29, 1.82) is 0 Å². The molecule has 1 amide bonds. The lowest BCUT2D eigenvalue weighted by Crippen LogP contribution is -2.37. The van der Waals surface area contributed by atoms with Gasteiger partial charge in [-0.05, 0) is 30.7 Å². The van der Waals surface area contributed by atoms with E-state index in [4.69, 9.17) is 9.15 Å². The number of amides is 1. The molecule has 100 valence electrons. The van der Waals surface area contributed by atoms with Crippen LogP contribution < -0.4 is 10.1 Å². The van der Waals surface area contributed by atoms with Gasteiger partial charge >= 0.3 is 0 Å². The van der Waals surface area contributed by atoms with E-state index in [0.29, 0.717) is 18.7 Å². The van der Waals surface area contributed by atoms with Gasteiger partial charge in [-0.3, -0.25) is 4.79 Å². The second-order valence-corrected chi connectivity index (χ2v) is 4.12. The van der Waals surface area contributed by atoms with E-state index in [-0.39, 0.29) is 5.91 Å². The average Bonchev–Trinajstić information content (AvgIpc) is 2.96. The zero-order valence-corrected chi connectivity index (χ0v) is 10.8. The fourth-order valence-electron chi connectivity index (χ4n) is 1.69. The highest BCUT2D eigenvalue weighted by molar-refractivity contribution is 5.80. The number of rotatable bonds is 6. The van der Waals surface area contributed by atoms with Gasteiger partial charge in [-0.25, -0.2) is 0 Å². The molecule has 1 aromatic carbocycles. The van der Waals surface area contributed by atoms with Crippen LogP contribution in [0.3, 0.4) is 0 Å². The number of nitrogens with one attached hydrogen (secondary N) is 1. The van der Waals surface area contributed by atoms with Gasteiger partial charge in [-0.2, -0.15) is 0 Å². The number of para-hydroxylation sites is 1. The Labute approximate surface area is 112 Å². The zero-order valence-electron chi connectivity index (χ0n) is 10.8. The van der Waals surface area contributed by atoms with Crippen LogP contribution in [0.25, 0.3) is 0 Å². The first-order chi connectivity index (χ1) is 9.29. The third kappa shape index (κ3) is 3.88. The normalized spacial score (nSPS) is 11.8. The van der Waals surface area contributed by atoms with Crippen molar-refractivity contribution in [2.75, 3.05) is 0 Å². The van der Waals surface area contributed by atoms with Gasteiger partial charge in [0.05, 0.1) is 12.8 Å². The Morgan fingerprint density at radius 3 is 2.68 bits per heavy atom. The Balaban J connectivity index is 1.88. The molecule has 0 unspecified atom stereocenters. The van der Waals surface area contributed by atoms with Crippen molar-refractivity contribution in [2.45, 2.75) is 26.0 Å². The SMILES string of the molecule is CC[C@H](Oc1ccccc1)C(=O)NCc1ccco1. The van der Waals surface area contributed by atoms with Crippen molar-refractivity contribution in [3.05, 3.63) is 54.5 Å². The number of ether oxygens (including phenoxy) is 1. The first-order valence-electron chi connectivity index (χ1n) is 6.31. The van der Waals surface area contributed by atoms with Gasteiger partial charge in [0.15, 0.2) is 6.10 Å².